The van der Waals surface area contributed by atoms with Gasteiger partial charge in [0.1, 0.15) is 0 Å². The fourth-order valence-electron chi connectivity index (χ4n) is 2.58. The number of rotatable bonds is 3. The number of hydrogen-bond acceptors (Lipinski definition) is 2. The second-order valence-electron chi connectivity index (χ2n) is 5.21. The summed E-state index contributed by atoms with van der Waals surface area (Å²) in [7, 11) is 1.92. The van der Waals surface area contributed by atoms with Crippen molar-refractivity contribution in [1.82, 2.24) is 9.88 Å². The number of aromatic nitrogens is 1. The molecule has 1 saturated carbocycles. The molecule has 0 unspecified atom stereocenters. The quantitative estimate of drug-likeness (QED) is 0.616. The van der Waals surface area contributed by atoms with Gasteiger partial charge < -0.3 is 4.90 Å². The van der Waals surface area contributed by atoms with Gasteiger partial charge in [-0.25, -0.2) is 0 Å². The molecule has 0 saturated heterocycles. The van der Waals surface area contributed by atoms with Crippen molar-refractivity contribution in [3.8, 4) is 0 Å². The Bertz CT molecular complexity index is 420. The highest BCUT2D eigenvalue weighted by Crippen LogP contribution is 2.21. The number of carbonyl (C=O) groups excluding carboxylic acids is 1. The summed E-state index contributed by atoms with van der Waals surface area (Å²) in [5.41, 5.74) is 0.963. The molecule has 0 radical (unpaired) electrons. The Labute approximate surface area is 115 Å². The van der Waals surface area contributed by atoms with E-state index >= 15 is 0 Å². The topological polar surface area (TPSA) is 33.2 Å². The Kier molecular flexibility index (Phi) is 5.13. The second kappa shape index (κ2) is 7.07. The van der Waals surface area contributed by atoms with E-state index in [4.69, 9.17) is 0 Å². The van der Waals surface area contributed by atoms with Crippen molar-refractivity contribution in [3.05, 3.63) is 36.2 Å². The third kappa shape index (κ3) is 4.19. The number of nitrogens with zero attached hydrogens (tertiary/aromatic N) is 2. The van der Waals surface area contributed by atoms with Crippen LogP contribution in [0.4, 0.5) is 0 Å². The van der Waals surface area contributed by atoms with Crippen LogP contribution in [-0.4, -0.2) is 28.9 Å². The molecule has 1 aliphatic carbocycles. The summed E-state index contributed by atoms with van der Waals surface area (Å²) in [6, 6.07) is 4.23. The van der Waals surface area contributed by atoms with E-state index in [1.165, 1.54) is 25.7 Å². The molecule has 0 spiro atoms. The summed E-state index contributed by atoms with van der Waals surface area (Å²) >= 11 is 0. The average Bonchev–Trinajstić information content (AvgIpc) is 2.74. The van der Waals surface area contributed by atoms with Crippen LogP contribution < -0.4 is 0 Å². The lowest BCUT2D eigenvalue weighted by atomic mass is 10.1. The molecule has 1 aromatic rings. The number of pyridine rings is 1. The fourth-order valence-corrected chi connectivity index (χ4v) is 2.58. The standard InChI is InChI=1S/C16H22N2O/c1-18(15-8-4-2-3-5-9-15)16(19)11-10-14-7-6-12-17-13-14/h6-7,10-13,15H,2-5,8-9H2,1H3/b11-10+. The Morgan fingerprint density at radius 3 is 2.68 bits per heavy atom. The zero-order valence-electron chi connectivity index (χ0n) is 11.6. The van der Waals surface area contributed by atoms with Gasteiger partial charge in [0.2, 0.25) is 5.91 Å². The van der Waals surface area contributed by atoms with Crippen LogP contribution in [-0.2, 0) is 4.79 Å². The molecule has 0 atom stereocenters. The summed E-state index contributed by atoms with van der Waals surface area (Å²) in [5, 5.41) is 0. The summed E-state index contributed by atoms with van der Waals surface area (Å²) < 4.78 is 0. The average molecular weight is 258 g/mol. The monoisotopic (exact) mass is 258 g/mol. The van der Waals surface area contributed by atoms with Crippen LogP contribution in [0, 0.1) is 0 Å². The van der Waals surface area contributed by atoms with E-state index in [0.29, 0.717) is 6.04 Å². The minimum atomic E-state index is 0.0933. The number of carbonyl (C=O) groups is 1. The van der Waals surface area contributed by atoms with Gasteiger partial charge in [0, 0.05) is 31.6 Å². The summed E-state index contributed by atoms with van der Waals surface area (Å²) in [6.07, 6.45) is 14.4. The molecule has 3 nitrogen and oxygen atoms in total. The lowest BCUT2D eigenvalue weighted by molar-refractivity contribution is -0.126. The summed E-state index contributed by atoms with van der Waals surface area (Å²) in [5.74, 6) is 0.0933. The van der Waals surface area contributed by atoms with Gasteiger partial charge in [0.25, 0.3) is 0 Å². The van der Waals surface area contributed by atoms with Crippen molar-refractivity contribution in [2.75, 3.05) is 7.05 Å². The molecule has 2 rings (SSSR count). The Hall–Kier alpha value is -1.64. The van der Waals surface area contributed by atoms with E-state index in [1.54, 1.807) is 18.5 Å². The molecule has 1 aliphatic rings. The van der Waals surface area contributed by atoms with Crippen LogP contribution in [0.3, 0.4) is 0 Å². The number of likely N-dealkylation sites (N-methyl/N-ethyl adjacent to an activating group) is 1. The first kappa shape index (κ1) is 13.8. The van der Waals surface area contributed by atoms with Crippen LogP contribution in [0.5, 0.6) is 0 Å². The van der Waals surface area contributed by atoms with Crippen molar-refractivity contribution in [2.45, 2.75) is 44.6 Å². The lowest BCUT2D eigenvalue weighted by Crippen LogP contribution is -2.35. The molecular formula is C16H22N2O. The third-order valence-corrected chi connectivity index (χ3v) is 3.82. The van der Waals surface area contributed by atoms with Crippen molar-refractivity contribution < 1.29 is 4.79 Å². The first-order chi connectivity index (χ1) is 9.27. The number of amides is 1. The Morgan fingerprint density at radius 2 is 2.05 bits per heavy atom. The largest absolute Gasteiger partial charge is 0.339 e. The van der Waals surface area contributed by atoms with Crippen LogP contribution >= 0.6 is 0 Å². The third-order valence-electron chi connectivity index (χ3n) is 3.82. The molecule has 1 amide bonds. The lowest BCUT2D eigenvalue weighted by Gasteiger charge is -2.26. The van der Waals surface area contributed by atoms with E-state index in [1.807, 2.05) is 30.2 Å². The second-order valence-corrected chi connectivity index (χ2v) is 5.21. The van der Waals surface area contributed by atoms with E-state index in [9.17, 15) is 4.79 Å². The highest BCUT2D eigenvalue weighted by atomic mass is 16.2. The maximum absolute atomic E-state index is 12.1. The van der Waals surface area contributed by atoms with Gasteiger partial charge in [-0.3, -0.25) is 9.78 Å². The van der Waals surface area contributed by atoms with E-state index in [-0.39, 0.29) is 5.91 Å². The normalized spacial score (nSPS) is 17.3. The van der Waals surface area contributed by atoms with Crippen LogP contribution in [0.15, 0.2) is 30.6 Å². The molecule has 0 aliphatic heterocycles. The van der Waals surface area contributed by atoms with Gasteiger partial charge in [0.15, 0.2) is 0 Å². The van der Waals surface area contributed by atoms with Gasteiger partial charge in [-0.1, -0.05) is 31.7 Å². The molecule has 1 heterocycles. The van der Waals surface area contributed by atoms with Crippen LogP contribution in [0.2, 0.25) is 0 Å². The van der Waals surface area contributed by atoms with Gasteiger partial charge in [-0.05, 0) is 30.5 Å². The Morgan fingerprint density at radius 1 is 1.32 bits per heavy atom. The highest BCUT2D eigenvalue weighted by Gasteiger charge is 2.19. The van der Waals surface area contributed by atoms with Gasteiger partial charge in [-0.2, -0.15) is 0 Å². The maximum Gasteiger partial charge on any atom is 0.246 e. The maximum atomic E-state index is 12.1. The highest BCUT2D eigenvalue weighted by molar-refractivity contribution is 5.91. The van der Waals surface area contributed by atoms with Crippen molar-refractivity contribution >= 4 is 12.0 Å². The van der Waals surface area contributed by atoms with Gasteiger partial charge in [0.05, 0.1) is 0 Å². The summed E-state index contributed by atoms with van der Waals surface area (Å²) in [4.78, 5) is 18.1. The zero-order valence-corrected chi connectivity index (χ0v) is 11.6. The van der Waals surface area contributed by atoms with E-state index < -0.39 is 0 Å². The smallest absolute Gasteiger partial charge is 0.246 e. The minimum absolute atomic E-state index is 0.0933. The van der Waals surface area contributed by atoms with Crippen LogP contribution in [0.25, 0.3) is 6.08 Å². The predicted octanol–water partition coefficient (Wildman–Crippen LogP) is 3.28. The molecule has 1 aromatic heterocycles. The van der Waals surface area contributed by atoms with E-state index in [0.717, 1.165) is 18.4 Å². The molecule has 1 fully saturated rings. The molecule has 102 valence electrons. The SMILES string of the molecule is CN(C(=O)/C=C/c1cccnc1)C1CCCCCC1. The first-order valence-corrected chi connectivity index (χ1v) is 7.12. The van der Waals surface area contributed by atoms with Gasteiger partial charge in [-0.15, -0.1) is 0 Å². The minimum Gasteiger partial charge on any atom is -0.339 e. The fraction of sp³-hybridized carbons (Fsp3) is 0.500. The van der Waals surface area contributed by atoms with Crippen LogP contribution in [0.1, 0.15) is 44.1 Å². The first-order valence-electron chi connectivity index (χ1n) is 7.12. The predicted molar refractivity (Wildman–Crippen MR) is 77.5 cm³/mol. The molecule has 0 aromatic carbocycles. The van der Waals surface area contributed by atoms with Crippen molar-refractivity contribution in [1.29, 1.82) is 0 Å². The van der Waals surface area contributed by atoms with Crippen molar-refractivity contribution in [2.24, 2.45) is 0 Å². The molecular weight excluding hydrogens is 236 g/mol. The van der Waals surface area contributed by atoms with Crippen molar-refractivity contribution in [3.63, 3.8) is 0 Å². The Balaban J connectivity index is 1.93. The molecule has 19 heavy (non-hydrogen) atoms. The van der Waals surface area contributed by atoms with E-state index in [2.05, 4.69) is 4.98 Å². The number of hydrogen-bond donors (Lipinski definition) is 0. The summed E-state index contributed by atoms with van der Waals surface area (Å²) in [6.45, 7) is 0. The molecule has 3 heteroatoms. The zero-order chi connectivity index (χ0) is 13.5. The molecule has 0 bridgehead atoms. The van der Waals surface area contributed by atoms with Gasteiger partial charge >= 0.3 is 0 Å². The molecule has 0 N–H and O–H groups in total.